The summed E-state index contributed by atoms with van der Waals surface area (Å²) in [5, 5.41) is 21.5. The summed E-state index contributed by atoms with van der Waals surface area (Å²) in [6.07, 6.45) is 2.97. The van der Waals surface area contributed by atoms with E-state index >= 15 is 4.39 Å². The molecule has 0 radical (unpaired) electrons. The molecule has 5 aromatic rings. The second-order valence-corrected chi connectivity index (χ2v) is 12.5. The van der Waals surface area contributed by atoms with Gasteiger partial charge in [-0.3, -0.25) is 0 Å². The average molecular weight is 589 g/mol. The molecule has 2 heterocycles. The molecule has 0 aliphatic heterocycles. The number of sulfonamides is 1. The predicted molar refractivity (Wildman–Crippen MR) is 154 cm³/mol. The number of carbonyl (C=O) groups is 1. The molecule has 3 N–H and O–H groups in total. The Morgan fingerprint density at radius 2 is 1.76 bits per heavy atom. The lowest BCUT2D eigenvalue weighted by molar-refractivity contribution is 0.0691. The summed E-state index contributed by atoms with van der Waals surface area (Å²) in [7, 11) is -4.06. The zero-order valence-electron chi connectivity index (χ0n) is 21.7. The molecular formula is C30H25FN4O4S2. The highest BCUT2D eigenvalue weighted by atomic mass is 32.2. The van der Waals surface area contributed by atoms with Gasteiger partial charge in [0.1, 0.15) is 5.82 Å². The first-order valence-electron chi connectivity index (χ1n) is 12.9. The number of primary sulfonamides is 1. The Hall–Kier alpha value is -4.19. The number of thiazole rings is 1. The van der Waals surface area contributed by atoms with Crippen LogP contribution in [0.5, 0.6) is 0 Å². The molecule has 0 unspecified atom stereocenters. The molecule has 0 spiro atoms. The first kappa shape index (κ1) is 27.0. The Bertz CT molecular complexity index is 1880. The van der Waals surface area contributed by atoms with Gasteiger partial charge in [-0.05, 0) is 60.1 Å². The number of aromatic carboxylic acids is 1. The third-order valence-corrected chi connectivity index (χ3v) is 8.83. The third kappa shape index (κ3) is 5.69. The lowest BCUT2D eigenvalue weighted by Crippen LogP contribution is -2.12. The average Bonchev–Trinajstić information content (AvgIpc) is 3.50. The minimum atomic E-state index is -4.06. The number of nitrogens with zero attached hydrogens (tertiary/aromatic N) is 3. The van der Waals surface area contributed by atoms with Crippen molar-refractivity contribution >= 4 is 27.3 Å². The molecule has 0 saturated heterocycles. The van der Waals surface area contributed by atoms with Gasteiger partial charge in [0, 0.05) is 22.9 Å². The number of hydrogen-bond donors (Lipinski definition) is 2. The van der Waals surface area contributed by atoms with Crippen LogP contribution in [-0.4, -0.2) is 34.3 Å². The highest BCUT2D eigenvalue weighted by Gasteiger charge is 2.29. The Morgan fingerprint density at radius 3 is 2.41 bits per heavy atom. The number of halogens is 1. The maximum absolute atomic E-state index is 15.3. The van der Waals surface area contributed by atoms with Gasteiger partial charge in [-0.2, -0.15) is 5.10 Å². The minimum absolute atomic E-state index is 0.0839. The Balaban J connectivity index is 1.55. The van der Waals surface area contributed by atoms with E-state index in [1.807, 2.05) is 54.6 Å². The fraction of sp³-hybridized carbons (Fsp3) is 0.167. The molecule has 1 fully saturated rings. The summed E-state index contributed by atoms with van der Waals surface area (Å²) in [6, 6.07) is 21.5. The lowest BCUT2D eigenvalue weighted by Gasteiger charge is -2.12. The van der Waals surface area contributed by atoms with Gasteiger partial charge in [-0.1, -0.05) is 54.6 Å². The van der Waals surface area contributed by atoms with Gasteiger partial charge in [-0.15, -0.1) is 11.3 Å². The van der Waals surface area contributed by atoms with Crippen molar-refractivity contribution in [2.75, 3.05) is 0 Å². The molecule has 6 rings (SSSR count). The molecule has 1 aliphatic carbocycles. The molecule has 1 aliphatic rings. The fourth-order valence-corrected chi connectivity index (χ4v) is 6.13. The summed E-state index contributed by atoms with van der Waals surface area (Å²) >= 11 is 1.16. The van der Waals surface area contributed by atoms with Crippen molar-refractivity contribution in [2.45, 2.75) is 30.6 Å². The van der Waals surface area contributed by atoms with Gasteiger partial charge in [0.05, 0.1) is 16.3 Å². The predicted octanol–water partition coefficient (Wildman–Crippen LogP) is 5.69. The van der Waals surface area contributed by atoms with Crippen molar-refractivity contribution < 1.29 is 22.7 Å². The van der Waals surface area contributed by atoms with Crippen molar-refractivity contribution in [2.24, 2.45) is 11.1 Å². The summed E-state index contributed by atoms with van der Waals surface area (Å²) in [6.45, 7) is 0. The molecule has 0 amide bonds. The zero-order chi connectivity index (χ0) is 28.7. The second-order valence-electron chi connectivity index (χ2n) is 10.1. The largest absolute Gasteiger partial charge is 0.476 e. The molecule has 0 atom stereocenters. The van der Waals surface area contributed by atoms with Crippen LogP contribution in [0.3, 0.4) is 0 Å². The van der Waals surface area contributed by atoms with Gasteiger partial charge in [0.2, 0.25) is 15.2 Å². The Kier molecular flexibility index (Phi) is 7.02. The van der Waals surface area contributed by atoms with Gasteiger partial charge in [-0.25, -0.2) is 32.4 Å². The smallest absolute Gasteiger partial charge is 0.355 e. The SMILES string of the molecule is NS(=O)(=O)c1ccc(Cc2c(CC3CC3)nn(-c3nc(C(=O)O)cs3)c2-c2cccc(-c3ccccc3)c2)c(F)c1. The zero-order valence-corrected chi connectivity index (χ0v) is 23.3. The maximum Gasteiger partial charge on any atom is 0.355 e. The molecule has 0 bridgehead atoms. The molecule has 3 aromatic carbocycles. The Morgan fingerprint density at radius 1 is 1.02 bits per heavy atom. The van der Waals surface area contributed by atoms with Crippen molar-refractivity contribution in [1.82, 2.24) is 14.8 Å². The molecule has 8 nitrogen and oxygen atoms in total. The van der Waals surface area contributed by atoms with Crippen molar-refractivity contribution in [3.8, 4) is 27.5 Å². The lowest BCUT2D eigenvalue weighted by atomic mass is 9.95. The normalized spacial score (nSPS) is 13.4. The van der Waals surface area contributed by atoms with Crippen LogP contribution in [0.1, 0.15) is 40.2 Å². The maximum atomic E-state index is 15.3. The summed E-state index contributed by atoms with van der Waals surface area (Å²) in [4.78, 5) is 15.7. The molecule has 208 valence electrons. The van der Waals surface area contributed by atoms with Crippen molar-refractivity contribution in [1.29, 1.82) is 0 Å². The fourth-order valence-electron chi connectivity index (χ4n) is 4.85. The molecule has 2 aromatic heterocycles. The second kappa shape index (κ2) is 10.7. The number of rotatable bonds is 9. The van der Waals surface area contributed by atoms with E-state index in [0.717, 1.165) is 58.2 Å². The van der Waals surface area contributed by atoms with E-state index in [1.165, 1.54) is 17.5 Å². The summed E-state index contributed by atoms with van der Waals surface area (Å²) < 4.78 is 40.5. The standard InChI is InChI=1S/C30H25FN4O4S2/c31-25-16-23(41(32,38)39)12-11-21(25)15-24-26(13-18-9-10-18)34-35(30-33-27(17-40-30)29(36)37)28(24)22-8-4-7-20(14-22)19-5-2-1-3-6-19/h1-8,11-12,14,16-18H,9-10,13,15H2,(H,36,37)(H2,32,38,39). The quantitative estimate of drug-likeness (QED) is 0.228. The van der Waals surface area contributed by atoms with E-state index in [4.69, 9.17) is 10.2 Å². The minimum Gasteiger partial charge on any atom is -0.476 e. The molecule has 41 heavy (non-hydrogen) atoms. The number of nitrogens with two attached hydrogens (primary N) is 1. The topological polar surface area (TPSA) is 128 Å². The summed E-state index contributed by atoms with van der Waals surface area (Å²) in [5.74, 6) is -1.36. The van der Waals surface area contributed by atoms with E-state index in [1.54, 1.807) is 4.68 Å². The van der Waals surface area contributed by atoms with Gasteiger partial charge in [0.15, 0.2) is 5.69 Å². The van der Waals surface area contributed by atoms with Crippen LogP contribution in [0.2, 0.25) is 0 Å². The van der Waals surface area contributed by atoms with Crippen LogP contribution in [0, 0.1) is 11.7 Å². The van der Waals surface area contributed by atoms with Gasteiger partial charge < -0.3 is 5.11 Å². The van der Waals surface area contributed by atoms with Crippen LogP contribution in [-0.2, 0) is 22.9 Å². The van der Waals surface area contributed by atoms with Crippen LogP contribution in [0.4, 0.5) is 4.39 Å². The van der Waals surface area contributed by atoms with Crippen LogP contribution >= 0.6 is 11.3 Å². The van der Waals surface area contributed by atoms with E-state index in [2.05, 4.69) is 4.98 Å². The monoisotopic (exact) mass is 588 g/mol. The first-order chi connectivity index (χ1) is 19.7. The number of hydrogen-bond acceptors (Lipinski definition) is 6. The first-order valence-corrected chi connectivity index (χ1v) is 15.4. The van der Waals surface area contributed by atoms with E-state index in [0.29, 0.717) is 28.7 Å². The number of carboxylic acids is 1. The highest BCUT2D eigenvalue weighted by Crippen LogP contribution is 2.39. The highest BCUT2D eigenvalue weighted by molar-refractivity contribution is 7.89. The number of benzene rings is 3. The number of aromatic nitrogens is 3. The Labute approximate surface area is 240 Å². The van der Waals surface area contributed by atoms with Gasteiger partial charge in [0.25, 0.3) is 0 Å². The number of carboxylic acid groups (broad SMARTS) is 1. The molecule has 11 heteroatoms. The molecule has 1 saturated carbocycles. The van der Waals surface area contributed by atoms with Crippen LogP contribution < -0.4 is 5.14 Å². The van der Waals surface area contributed by atoms with E-state index < -0.39 is 21.8 Å². The van der Waals surface area contributed by atoms with Crippen LogP contribution in [0.15, 0.2) is 83.1 Å². The van der Waals surface area contributed by atoms with E-state index in [9.17, 15) is 18.3 Å². The molecular weight excluding hydrogens is 563 g/mol. The summed E-state index contributed by atoms with van der Waals surface area (Å²) in [5.41, 5.74) is 5.24. The van der Waals surface area contributed by atoms with Crippen LogP contribution in [0.25, 0.3) is 27.5 Å². The van der Waals surface area contributed by atoms with Crippen molar-refractivity contribution in [3.63, 3.8) is 0 Å². The van der Waals surface area contributed by atoms with Crippen molar-refractivity contribution in [3.05, 3.63) is 107 Å². The van der Waals surface area contributed by atoms with E-state index in [-0.39, 0.29) is 17.0 Å². The van der Waals surface area contributed by atoms with Gasteiger partial charge >= 0.3 is 5.97 Å². The third-order valence-electron chi connectivity index (χ3n) is 7.10.